The molecular weight excluding hydrogens is 222 g/mol. The fourth-order valence-electron chi connectivity index (χ4n) is 0.984. The summed E-state index contributed by atoms with van der Waals surface area (Å²) in [6, 6.07) is 0. The maximum Gasteiger partial charge on any atom is 0.410 e. The number of carbonyl (C=O) groups excluding carboxylic acids is 1. The Hall–Kier alpha value is -1.78. The van der Waals surface area contributed by atoms with E-state index in [0.29, 0.717) is 0 Å². The Morgan fingerprint density at radius 1 is 1.41 bits per heavy atom. The summed E-state index contributed by atoms with van der Waals surface area (Å²) >= 11 is 0. The summed E-state index contributed by atoms with van der Waals surface area (Å²) < 4.78 is 5.14. The van der Waals surface area contributed by atoms with Crippen molar-refractivity contribution in [2.45, 2.75) is 26.4 Å². The zero-order valence-corrected chi connectivity index (χ0v) is 10.5. The molecule has 0 aromatic rings. The molecule has 5 nitrogen and oxygen atoms in total. The first kappa shape index (κ1) is 15.2. The van der Waals surface area contributed by atoms with Crippen molar-refractivity contribution in [2.75, 3.05) is 13.1 Å². The highest BCUT2D eigenvalue weighted by atomic mass is 16.6. The van der Waals surface area contributed by atoms with E-state index in [0.717, 1.165) is 0 Å². The maximum atomic E-state index is 11.7. The van der Waals surface area contributed by atoms with Gasteiger partial charge >= 0.3 is 12.1 Å². The van der Waals surface area contributed by atoms with Gasteiger partial charge in [0.25, 0.3) is 0 Å². The molecule has 0 rings (SSSR count). The van der Waals surface area contributed by atoms with Gasteiger partial charge in [-0.05, 0) is 20.8 Å². The van der Waals surface area contributed by atoms with Gasteiger partial charge in [-0.25, -0.2) is 9.59 Å². The lowest BCUT2D eigenvalue weighted by atomic mass is 10.2. The van der Waals surface area contributed by atoms with Crippen molar-refractivity contribution in [3.05, 3.63) is 24.8 Å². The van der Waals surface area contributed by atoms with Gasteiger partial charge in [0.2, 0.25) is 0 Å². The molecule has 17 heavy (non-hydrogen) atoms. The number of ether oxygens (including phenoxy) is 1. The predicted molar refractivity (Wildman–Crippen MR) is 64.8 cm³/mol. The van der Waals surface area contributed by atoms with E-state index in [4.69, 9.17) is 9.84 Å². The summed E-state index contributed by atoms with van der Waals surface area (Å²) in [6.45, 7) is 12.2. The van der Waals surface area contributed by atoms with E-state index in [1.165, 1.54) is 11.0 Å². The first-order valence-electron chi connectivity index (χ1n) is 5.17. The average molecular weight is 241 g/mol. The maximum absolute atomic E-state index is 11.7. The van der Waals surface area contributed by atoms with Gasteiger partial charge in [0.15, 0.2) is 0 Å². The molecule has 5 heteroatoms. The molecule has 0 radical (unpaired) electrons. The van der Waals surface area contributed by atoms with Gasteiger partial charge in [-0.3, -0.25) is 4.90 Å². The van der Waals surface area contributed by atoms with Crippen molar-refractivity contribution in [3.8, 4) is 0 Å². The van der Waals surface area contributed by atoms with Crippen LogP contribution in [-0.4, -0.2) is 40.8 Å². The highest BCUT2D eigenvalue weighted by molar-refractivity contribution is 5.87. The van der Waals surface area contributed by atoms with Gasteiger partial charge in [0.1, 0.15) is 5.60 Å². The van der Waals surface area contributed by atoms with E-state index in [1.807, 2.05) is 0 Å². The van der Waals surface area contributed by atoms with Crippen LogP contribution in [0, 0.1) is 0 Å². The van der Waals surface area contributed by atoms with E-state index in [1.54, 1.807) is 20.8 Å². The fourth-order valence-corrected chi connectivity index (χ4v) is 0.984. The number of carbonyl (C=O) groups is 2. The van der Waals surface area contributed by atoms with Crippen LogP contribution in [0.4, 0.5) is 4.79 Å². The first-order valence-corrected chi connectivity index (χ1v) is 5.17. The zero-order chi connectivity index (χ0) is 13.6. The Labute approximate surface area is 101 Å². The molecule has 0 aliphatic carbocycles. The normalized spacial score (nSPS) is 10.5. The van der Waals surface area contributed by atoms with Crippen LogP contribution in [0.2, 0.25) is 0 Å². The molecule has 0 aliphatic rings. The quantitative estimate of drug-likeness (QED) is 0.591. The third-order valence-electron chi connectivity index (χ3n) is 1.69. The SMILES string of the molecule is C=CCN(CC(=C)C(=O)O)C(=O)OC(C)(C)C. The minimum Gasteiger partial charge on any atom is -0.478 e. The van der Waals surface area contributed by atoms with Gasteiger partial charge in [0, 0.05) is 12.1 Å². The summed E-state index contributed by atoms with van der Waals surface area (Å²) in [5.41, 5.74) is -0.696. The molecule has 0 heterocycles. The molecule has 0 spiro atoms. The van der Waals surface area contributed by atoms with Crippen molar-refractivity contribution in [1.29, 1.82) is 0 Å². The van der Waals surface area contributed by atoms with Crippen LogP contribution in [0.5, 0.6) is 0 Å². The molecule has 96 valence electrons. The fraction of sp³-hybridized carbons (Fsp3) is 0.500. The molecule has 1 N–H and O–H groups in total. The number of nitrogens with zero attached hydrogens (tertiary/aromatic N) is 1. The van der Waals surface area contributed by atoms with Crippen molar-refractivity contribution >= 4 is 12.1 Å². The lowest BCUT2D eigenvalue weighted by molar-refractivity contribution is -0.132. The summed E-state index contributed by atoms with van der Waals surface area (Å²) in [4.78, 5) is 23.6. The van der Waals surface area contributed by atoms with Crippen LogP contribution in [0.1, 0.15) is 20.8 Å². The summed E-state index contributed by atoms with van der Waals surface area (Å²) in [5.74, 6) is -1.14. The Balaban J connectivity index is 4.62. The second kappa shape index (κ2) is 6.08. The van der Waals surface area contributed by atoms with Gasteiger partial charge in [-0.1, -0.05) is 12.7 Å². The van der Waals surface area contributed by atoms with Crippen LogP contribution >= 0.6 is 0 Å². The molecule has 0 aromatic heterocycles. The highest BCUT2D eigenvalue weighted by Gasteiger charge is 2.22. The van der Waals surface area contributed by atoms with Gasteiger partial charge < -0.3 is 9.84 Å². The van der Waals surface area contributed by atoms with Gasteiger partial charge in [-0.2, -0.15) is 0 Å². The number of rotatable bonds is 5. The van der Waals surface area contributed by atoms with Crippen molar-refractivity contribution in [1.82, 2.24) is 4.90 Å². The topological polar surface area (TPSA) is 66.8 Å². The minimum atomic E-state index is -1.14. The summed E-state index contributed by atoms with van der Waals surface area (Å²) in [6.07, 6.45) is 0.916. The van der Waals surface area contributed by atoms with Crippen molar-refractivity contribution in [2.24, 2.45) is 0 Å². The van der Waals surface area contributed by atoms with Crippen LogP contribution in [0.3, 0.4) is 0 Å². The molecule has 0 fully saturated rings. The van der Waals surface area contributed by atoms with Crippen LogP contribution in [-0.2, 0) is 9.53 Å². The summed E-state index contributed by atoms with van der Waals surface area (Å²) in [7, 11) is 0. The molecule has 0 bridgehead atoms. The molecule has 0 saturated carbocycles. The third kappa shape index (κ3) is 6.40. The average Bonchev–Trinajstić information content (AvgIpc) is 2.13. The molecule has 0 saturated heterocycles. The van der Waals surface area contributed by atoms with Crippen LogP contribution in [0.25, 0.3) is 0 Å². The molecule has 0 atom stereocenters. The van der Waals surface area contributed by atoms with Crippen LogP contribution in [0.15, 0.2) is 24.8 Å². The number of carboxylic acid groups (broad SMARTS) is 1. The molecule has 0 aromatic carbocycles. The number of hydrogen-bond acceptors (Lipinski definition) is 3. The van der Waals surface area contributed by atoms with Crippen molar-refractivity contribution in [3.63, 3.8) is 0 Å². The van der Waals surface area contributed by atoms with E-state index in [9.17, 15) is 9.59 Å². The van der Waals surface area contributed by atoms with E-state index in [-0.39, 0.29) is 18.7 Å². The van der Waals surface area contributed by atoms with Gasteiger partial charge in [0.05, 0.1) is 6.54 Å². The number of hydrogen-bond donors (Lipinski definition) is 1. The Morgan fingerprint density at radius 2 is 1.94 bits per heavy atom. The number of carboxylic acids is 1. The highest BCUT2D eigenvalue weighted by Crippen LogP contribution is 2.11. The lowest BCUT2D eigenvalue weighted by Gasteiger charge is -2.26. The lowest BCUT2D eigenvalue weighted by Crippen LogP contribution is -2.38. The predicted octanol–water partition coefficient (Wildman–Crippen LogP) is 2.05. The van der Waals surface area contributed by atoms with E-state index < -0.39 is 17.7 Å². The van der Waals surface area contributed by atoms with Crippen LogP contribution < -0.4 is 0 Å². The minimum absolute atomic E-state index is 0.0716. The smallest absolute Gasteiger partial charge is 0.410 e. The second-order valence-corrected chi connectivity index (χ2v) is 4.56. The number of aliphatic carboxylic acids is 1. The third-order valence-corrected chi connectivity index (χ3v) is 1.69. The largest absolute Gasteiger partial charge is 0.478 e. The van der Waals surface area contributed by atoms with Gasteiger partial charge in [-0.15, -0.1) is 6.58 Å². The summed E-state index contributed by atoms with van der Waals surface area (Å²) in [5, 5.41) is 8.71. The first-order chi connectivity index (χ1) is 7.67. The second-order valence-electron chi connectivity index (χ2n) is 4.56. The Bertz CT molecular complexity index is 328. The van der Waals surface area contributed by atoms with Crippen molar-refractivity contribution < 1.29 is 19.4 Å². The molecular formula is C12H19NO4. The molecule has 1 amide bonds. The molecule has 0 unspecified atom stereocenters. The Morgan fingerprint density at radius 3 is 2.29 bits per heavy atom. The van der Waals surface area contributed by atoms with E-state index >= 15 is 0 Å². The van der Waals surface area contributed by atoms with E-state index in [2.05, 4.69) is 13.2 Å². The number of amides is 1. The molecule has 0 aliphatic heterocycles. The zero-order valence-electron chi connectivity index (χ0n) is 10.5. The monoisotopic (exact) mass is 241 g/mol. The standard InChI is InChI=1S/C12H19NO4/c1-6-7-13(8-9(2)10(14)15)11(16)17-12(3,4)5/h6H,1-2,7-8H2,3-5H3,(H,14,15). The Kier molecular flexibility index (Phi) is 5.44.